The van der Waals surface area contributed by atoms with E-state index in [1.807, 2.05) is 24.3 Å². The molecule has 6 nitrogen and oxygen atoms in total. The third kappa shape index (κ3) is 5.89. The smallest absolute Gasteiger partial charge is 0.239 e. The van der Waals surface area contributed by atoms with Crippen LogP contribution in [0.4, 0.5) is 5.82 Å². The number of piperidine rings is 1. The lowest BCUT2D eigenvalue weighted by Gasteiger charge is -2.32. The maximum atomic E-state index is 12.4. The van der Waals surface area contributed by atoms with Gasteiger partial charge in [0.15, 0.2) is 0 Å². The maximum Gasteiger partial charge on any atom is 0.239 e. The number of likely N-dealkylation sites (tertiary alicyclic amines) is 1. The van der Waals surface area contributed by atoms with Crippen LogP contribution in [0, 0.1) is 0 Å². The van der Waals surface area contributed by atoms with E-state index in [1.165, 1.54) is 5.56 Å². The predicted octanol–water partition coefficient (Wildman–Crippen LogP) is 3.89. The average Bonchev–Trinajstić information content (AvgIpc) is 2.80. The van der Waals surface area contributed by atoms with Crippen molar-refractivity contribution < 1.29 is 9.53 Å². The Kier molecular flexibility index (Phi) is 6.89. The fourth-order valence-electron chi connectivity index (χ4n) is 4.08. The molecule has 6 heteroatoms. The van der Waals surface area contributed by atoms with E-state index in [1.54, 1.807) is 19.4 Å². The molecule has 1 atom stereocenters. The van der Waals surface area contributed by atoms with Crippen LogP contribution in [0.2, 0.25) is 0 Å². The van der Waals surface area contributed by atoms with E-state index in [2.05, 4.69) is 45.5 Å². The first-order valence-electron chi connectivity index (χ1n) is 10.7. The molecule has 1 aromatic carbocycles. The summed E-state index contributed by atoms with van der Waals surface area (Å²) >= 11 is 0. The Morgan fingerprint density at radius 3 is 2.90 bits per heavy atom. The van der Waals surface area contributed by atoms with Crippen LogP contribution in [0.5, 0.6) is 5.75 Å². The summed E-state index contributed by atoms with van der Waals surface area (Å²) in [5.41, 5.74) is 3.34. The Labute approximate surface area is 183 Å². The lowest BCUT2D eigenvalue weighted by Crippen LogP contribution is -2.40. The molecule has 4 rings (SSSR count). The van der Waals surface area contributed by atoms with Gasteiger partial charge in [0.25, 0.3) is 0 Å². The van der Waals surface area contributed by atoms with Gasteiger partial charge in [0.05, 0.1) is 13.7 Å². The number of nitrogens with one attached hydrogen (secondary N) is 1. The van der Waals surface area contributed by atoms with Gasteiger partial charge in [-0.3, -0.25) is 14.7 Å². The number of pyridine rings is 2. The number of carbonyl (C=O) groups excluding carboxylic acids is 1. The fourth-order valence-corrected chi connectivity index (χ4v) is 4.08. The Balaban J connectivity index is 1.37. The van der Waals surface area contributed by atoms with Crippen molar-refractivity contribution in [1.29, 1.82) is 0 Å². The summed E-state index contributed by atoms with van der Waals surface area (Å²) in [4.78, 5) is 23.7. The summed E-state index contributed by atoms with van der Waals surface area (Å²) in [6.45, 7) is 2.14. The van der Waals surface area contributed by atoms with E-state index >= 15 is 0 Å². The second-order valence-corrected chi connectivity index (χ2v) is 7.92. The van der Waals surface area contributed by atoms with Crippen LogP contribution in [0.25, 0.3) is 0 Å². The molecule has 0 saturated carbocycles. The molecule has 3 aromatic rings. The number of hydrogen-bond acceptors (Lipinski definition) is 5. The maximum absolute atomic E-state index is 12.4. The molecule has 1 N–H and O–H groups in total. The molecule has 1 aliphatic rings. The number of nitrogens with zero attached hydrogens (tertiary/aromatic N) is 3. The van der Waals surface area contributed by atoms with Crippen molar-refractivity contribution in [3.8, 4) is 5.75 Å². The highest BCUT2D eigenvalue weighted by molar-refractivity contribution is 5.91. The van der Waals surface area contributed by atoms with Crippen molar-refractivity contribution >= 4 is 11.7 Å². The zero-order valence-electron chi connectivity index (χ0n) is 17.8. The molecule has 0 unspecified atom stereocenters. The lowest BCUT2D eigenvalue weighted by atomic mass is 9.94. The largest absolute Gasteiger partial charge is 0.497 e. The van der Waals surface area contributed by atoms with Gasteiger partial charge in [-0.25, -0.2) is 4.98 Å². The fraction of sp³-hybridized carbons (Fsp3) is 0.320. The molecule has 0 radical (unpaired) electrons. The molecular weight excluding hydrogens is 388 g/mol. The zero-order valence-corrected chi connectivity index (χ0v) is 17.8. The van der Waals surface area contributed by atoms with E-state index in [-0.39, 0.29) is 5.91 Å². The van der Waals surface area contributed by atoms with Gasteiger partial charge in [-0.05, 0) is 61.3 Å². The zero-order chi connectivity index (χ0) is 21.5. The highest BCUT2D eigenvalue weighted by Gasteiger charge is 2.24. The number of rotatable bonds is 7. The summed E-state index contributed by atoms with van der Waals surface area (Å²) in [6, 6.07) is 19.9. The topological polar surface area (TPSA) is 67.3 Å². The quantitative estimate of drug-likeness (QED) is 0.633. The molecule has 0 spiro atoms. The van der Waals surface area contributed by atoms with Crippen LogP contribution < -0.4 is 10.1 Å². The molecule has 0 aliphatic carbocycles. The summed E-state index contributed by atoms with van der Waals surface area (Å²) in [5.74, 6) is 1.76. The third-order valence-corrected chi connectivity index (χ3v) is 5.57. The first-order valence-corrected chi connectivity index (χ1v) is 10.7. The molecule has 2 aromatic heterocycles. The van der Waals surface area contributed by atoms with Crippen LogP contribution in [-0.2, 0) is 11.2 Å². The molecule has 3 heterocycles. The summed E-state index contributed by atoms with van der Waals surface area (Å²) in [7, 11) is 1.68. The highest BCUT2D eigenvalue weighted by Crippen LogP contribution is 2.26. The summed E-state index contributed by atoms with van der Waals surface area (Å²) < 4.78 is 5.33. The highest BCUT2D eigenvalue weighted by atomic mass is 16.5. The first-order chi connectivity index (χ1) is 15.2. The van der Waals surface area contributed by atoms with E-state index in [9.17, 15) is 4.79 Å². The second-order valence-electron chi connectivity index (χ2n) is 7.92. The first kappa shape index (κ1) is 21.0. The molecule has 1 fully saturated rings. The Morgan fingerprint density at radius 2 is 2.06 bits per heavy atom. The van der Waals surface area contributed by atoms with Crippen molar-refractivity contribution in [3.63, 3.8) is 0 Å². The molecule has 0 bridgehead atoms. The predicted molar refractivity (Wildman–Crippen MR) is 121 cm³/mol. The number of carbonyl (C=O) groups is 1. The second kappa shape index (κ2) is 10.2. The van der Waals surface area contributed by atoms with Gasteiger partial charge in [-0.1, -0.05) is 24.3 Å². The summed E-state index contributed by atoms with van der Waals surface area (Å²) in [5, 5.41) is 2.87. The van der Waals surface area contributed by atoms with Crippen molar-refractivity contribution in [2.75, 3.05) is 32.1 Å². The van der Waals surface area contributed by atoms with E-state index < -0.39 is 0 Å². The van der Waals surface area contributed by atoms with Gasteiger partial charge in [0.2, 0.25) is 5.91 Å². The number of ether oxygens (including phenoxy) is 1. The molecule has 160 valence electrons. The summed E-state index contributed by atoms with van der Waals surface area (Å²) in [6.07, 6.45) is 4.60. The Morgan fingerprint density at radius 1 is 1.16 bits per heavy atom. The normalized spacial score (nSPS) is 16.6. The monoisotopic (exact) mass is 416 g/mol. The molecular formula is C25H28N4O2. The van der Waals surface area contributed by atoms with Crippen LogP contribution in [0.15, 0.2) is 66.9 Å². The number of methoxy groups -OCH3 is 1. The van der Waals surface area contributed by atoms with E-state index in [0.29, 0.717) is 18.3 Å². The van der Waals surface area contributed by atoms with E-state index in [4.69, 9.17) is 9.72 Å². The van der Waals surface area contributed by atoms with E-state index in [0.717, 1.165) is 49.5 Å². The minimum atomic E-state index is -0.0286. The number of aromatic nitrogens is 2. The minimum absolute atomic E-state index is 0.0286. The average molecular weight is 417 g/mol. The minimum Gasteiger partial charge on any atom is -0.497 e. The van der Waals surface area contributed by atoms with Gasteiger partial charge in [-0.15, -0.1) is 0 Å². The van der Waals surface area contributed by atoms with Gasteiger partial charge in [0.1, 0.15) is 11.6 Å². The Hall–Kier alpha value is -3.25. The number of benzene rings is 1. The van der Waals surface area contributed by atoms with Crippen LogP contribution >= 0.6 is 0 Å². The van der Waals surface area contributed by atoms with Crippen LogP contribution in [0.1, 0.15) is 35.7 Å². The van der Waals surface area contributed by atoms with Gasteiger partial charge < -0.3 is 10.1 Å². The van der Waals surface area contributed by atoms with Gasteiger partial charge >= 0.3 is 0 Å². The molecule has 1 aliphatic heterocycles. The number of anilines is 1. The number of amides is 1. The number of hydrogen-bond donors (Lipinski definition) is 1. The van der Waals surface area contributed by atoms with Crippen molar-refractivity contribution in [2.45, 2.75) is 25.2 Å². The SMILES string of the molecule is COc1cccc(Cc2cccc([C@H]3CCCN(CC(=O)Nc4ccccn4)C3)n2)c1. The Bertz CT molecular complexity index is 1010. The molecule has 31 heavy (non-hydrogen) atoms. The third-order valence-electron chi connectivity index (χ3n) is 5.57. The van der Waals surface area contributed by atoms with Gasteiger partial charge in [0, 0.05) is 36.5 Å². The molecule has 1 saturated heterocycles. The standard InChI is InChI=1S/C25H28N4O2/c1-31-22-10-4-7-19(16-22)15-21-9-5-11-23(27-21)20-8-6-14-29(17-20)18-25(30)28-24-12-2-3-13-26-24/h2-5,7,9-13,16,20H,6,8,14-15,17-18H2,1H3,(H,26,28,30)/t20-/m0/s1. The molecule has 1 amide bonds. The van der Waals surface area contributed by atoms with Crippen molar-refractivity contribution in [1.82, 2.24) is 14.9 Å². The lowest BCUT2D eigenvalue weighted by molar-refractivity contribution is -0.117. The van der Waals surface area contributed by atoms with Crippen molar-refractivity contribution in [2.24, 2.45) is 0 Å². The van der Waals surface area contributed by atoms with Crippen molar-refractivity contribution in [3.05, 3.63) is 83.8 Å². The van der Waals surface area contributed by atoms with Crippen LogP contribution in [0.3, 0.4) is 0 Å². The van der Waals surface area contributed by atoms with Crippen LogP contribution in [-0.4, -0.2) is 47.5 Å². The van der Waals surface area contributed by atoms with Gasteiger partial charge in [-0.2, -0.15) is 0 Å².